The van der Waals surface area contributed by atoms with Crippen LogP contribution in [0.4, 0.5) is 0 Å². The zero-order valence-corrected chi connectivity index (χ0v) is 10.4. The second-order valence-electron chi connectivity index (χ2n) is 4.91. The highest BCUT2D eigenvalue weighted by molar-refractivity contribution is 14.1. The van der Waals surface area contributed by atoms with Crippen LogP contribution in [0.1, 0.15) is 34.1 Å². The van der Waals surface area contributed by atoms with Crippen LogP contribution >= 0.6 is 22.9 Å². The first kappa shape index (κ1) is 8.85. The minimum Gasteiger partial charge on any atom is -0.318 e. The second-order valence-corrected chi connectivity index (χ2v) is 6.08. The van der Waals surface area contributed by atoms with E-state index in [1.807, 2.05) is 0 Å². The van der Waals surface area contributed by atoms with Crippen molar-refractivity contribution in [1.29, 1.82) is 0 Å². The van der Waals surface area contributed by atoms with Gasteiger partial charge in [-0.15, -0.1) is 0 Å². The number of hydrogen-bond donors (Lipinski definition) is 0. The van der Waals surface area contributed by atoms with Crippen molar-refractivity contribution in [2.45, 2.75) is 34.1 Å². The molecule has 1 aliphatic heterocycles. The van der Waals surface area contributed by atoms with Gasteiger partial charge in [0.1, 0.15) is 0 Å². The molecule has 0 atom stereocenters. The Bertz CT molecular complexity index is 263. The molecule has 0 aromatic heterocycles. The molecule has 68 valence electrons. The van der Waals surface area contributed by atoms with Gasteiger partial charge in [0.2, 0.25) is 0 Å². The summed E-state index contributed by atoms with van der Waals surface area (Å²) < 4.78 is 2.40. The van der Waals surface area contributed by atoms with E-state index in [9.17, 15) is 0 Å². The fraction of sp³-hybridized carbons (Fsp3) is 0.800. The molecule has 0 saturated heterocycles. The van der Waals surface area contributed by atoms with Gasteiger partial charge in [-0.05, 0) is 17.4 Å². The first-order chi connectivity index (χ1) is 5.39. The Morgan fingerprint density at radius 2 is 1.75 bits per heavy atom. The summed E-state index contributed by atoms with van der Waals surface area (Å²) in [5.41, 5.74) is 4.12. The van der Waals surface area contributed by atoms with Gasteiger partial charge < -0.3 is 3.11 Å². The minimum atomic E-state index is 0.389. The highest BCUT2D eigenvalue weighted by Gasteiger charge is 2.56. The van der Waals surface area contributed by atoms with E-state index in [1.54, 1.807) is 11.3 Å². The molecule has 1 aliphatic carbocycles. The minimum absolute atomic E-state index is 0.389. The average Bonchev–Trinajstić information content (AvgIpc) is 2.30. The van der Waals surface area contributed by atoms with E-state index in [4.69, 9.17) is 0 Å². The number of allylic oxidation sites excluding steroid dienone is 1. The zero-order chi connectivity index (χ0) is 9.15. The molecule has 0 fully saturated rings. The third-order valence-electron chi connectivity index (χ3n) is 4.00. The molecule has 2 heteroatoms. The lowest BCUT2D eigenvalue weighted by Crippen LogP contribution is -2.46. The van der Waals surface area contributed by atoms with E-state index in [0.717, 1.165) is 0 Å². The number of nitrogens with zero attached hydrogens (tertiary/aromatic N) is 1. The normalized spacial score (nSPS) is 30.2. The SMILES string of the molecule is CC1(C)C2=C(N(I)CC2)C1(C)C. The molecule has 12 heavy (non-hydrogen) atoms. The summed E-state index contributed by atoms with van der Waals surface area (Å²) in [6, 6.07) is 0. The predicted octanol–water partition coefficient (Wildman–Crippen LogP) is 3.36. The van der Waals surface area contributed by atoms with Crippen LogP contribution in [0.25, 0.3) is 0 Å². The van der Waals surface area contributed by atoms with Crippen molar-refractivity contribution in [3.8, 4) is 0 Å². The van der Waals surface area contributed by atoms with Crippen LogP contribution in [0, 0.1) is 10.8 Å². The Morgan fingerprint density at radius 1 is 1.17 bits per heavy atom. The average molecular weight is 277 g/mol. The van der Waals surface area contributed by atoms with Gasteiger partial charge in [-0.1, -0.05) is 27.7 Å². The molecule has 0 amide bonds. The Hall–Kier alpha value is 0.270. The van der Waals surface area contributed by atoms with Crippen molar-refractivity contribution in [2.24, 2.45) is 10.8 Å². The van der Waals surface area contributed by atoms with Crippen LogP contribution in [0.15, 0.2) is 11.3 Å². The number of halogens is 1. The van der Waals surface area contributed by atoms with E-state index in [-0.39, 0.29) is 0 Å². The summed E-state index contributed by atoms with van der Waals surface area (Å²) >= 11 is 2.44. The lowest BCUT2D eigenvalue weighted by atomic mass is 9.52. The van der Waals surface area contributed by atoms with Gasteiger partial charge in [-0.25, -0.2) is 0 Å². The van der Waals surface area contributed by atoms with Gasteiger partial charge in [-0.3, -0.25) is 0 Å². The molecule has 0 unspecified atom stereocenters. The Balaban J connectivity index is 2.46. The van der Waals surface area contributed by atoms with Crippen molar-refractivity contribution in [1.82, 2.24) is 3.11 Å². The lowest BCUT2D eigenvalue weighted by Gasteiger charge is -2.54. The Labute approximate surface area is 88.7 Å². The largest absolute Gasteiger partial charge is 0.318 e. The van der Waals surface area contributed by atoms with Crippen LogP contribution in [-0.2, 0) is 0 Å². The van der Waals surface area contributed by atoms with E-state index in [1.165, 1.54) is 13.0 Å². The van der Waals surface area contributed by atoms with E-state index < -0.39 is 0 Å². The molecule has 0 spiro atoms. The van der Waals surface area contributed by atoms with Crippen LogP contribution in [0.2, 0.25) is 0 Å². The topological polar surface area (TPSA) is 3.24 Å². The standard InChI is InChI=1S/C10H16IN/c1-9(2)7-5-6-12(11)8(7)10(9,3)4/h5-6H2,1-4H3. The molecule has 0 aromatic rings. The Morgan fingerprint density at radius 3 is 2.25 bits per heavy atom. The summed E-state index contributed by atoms with van der Waals surface area (Å²) in [5, 5.41) is 0. The van der Waals surface area contributed by atoms with Gasteiger partial charge in [-0.2, -0.15) is 0 Å². The van der Waals surface area contributed by atoms with Crippen LogP contribution < -0.4 is 0 Å². The van der Waals surface area contributed by atoms with Crippen molar-refractivity contribution in [2.75, 3.05) is 6.54 Å². The summed E-state index contributed by atoms with van der Waals surface area (Å²) in [7, 11) is 0. The lowest BCUT2D eigenvalue weighted by molar-refractivity contribution is 0.127. The molecule has 2 rings (SSSR count). The van der Waals surface area contributed by atoms with Gasteiger partial charge >= 0.3 is 0 Å². The van der Waals surface area contributed by atoms with Crippen molar-refractivity contribution in [3.05, 3.63) is 11.3 Å². The zero-order valence-electron chi connectivity index (χ0n) is 8.24. The molecule has 0 N–H and O–H groups in total. The summed E-state index contributed by atoms with van der Waals surface area (Å²) in [6.07, 6.45) is 1.29. The van der Waals surface area contributed by atoms with Gasteiger partial charge in [0.05, 0.1) is 22.9 Å². The monoisotopic (exact) mass is 277 g/mol. The molecular weight excluding hydrogens is 261 g/mol. The molecule has 2 aliphatic rings. The van der Waals surface area contributed by atoms with Crippen molar-refractivity contribution >= 4 is 22.9 Å². The third-order valence-corrected chi connectivity index (χ3v) is 4.96. The second kappa shape index (κ2) is 2.20. The first-order valence-corrected chi connectivity index (χ1v) is 5.53. The number of rotatable bonds is 0. The highest BCUT2D eigenvalue weighted by Crippen LogP contribution is 2.64. The number of hydrogen-bond acceptors (Lipinski definition) is 1. The highest BCUT2D eigenvalue weighted by atomic mass is 127. The predicted molar refractivity (Wildman–Crippen MR) is 59.9 cm³/mol. The quantitative estimate of drug-likeness (QED) is 0.485. The molecule has 0 aromatic carbocycles. The fourth-order valence-corrected chi connectivity index (χ4v) is 3.62. The molecule has 0 saturated carbocycles. The Kier molecular flexibility index (Phi) is 1.62. The summed E-state index contributed by atoms with van der Waals surface area (Å²) in [6.45, 7) is 10.7. The third kappa shape index (κ3) is 0.751. The van der Waals surface area contributed by atoms with Crippen molar-refractivity contribution < 1.29 is 0 Å². The van der Waals surface area contributed by atoms with Crippen molar-refractivity contribution in [3.63, 3.8) is 0 Å². The molecule has 1 nitrogen and oxygen atoms in total. The molecule has 0 radical (unpaired) electrons. The summed E-state index contributed by atoms with van der Waals surface area (Å²) in [4.78, 5) is 0. The van der Waals surface area contributed by atoms with Crippen LogP contribution in [0.3, 0.4) is 0 Å². The van der Waals surface area contributed by atoms with Gasteiger partial charge in [0.25, 0.3) is 0 Å². The van der Waals surface area contributed by atoms with E-state index in [0.29, 0.717) is 10.8 Å². The maximum atomic E-state index is 2.44. The summed E-state index contributed by atoms with van der Waals surface area (Å²) in [5.74, 6) is 0. The van der Waals surface area contributed by atoms with E-state index in [2.05, 4.69) is 53.7 Å². The molecule has 0 bridgehead atoms. The smallest absolute Gasteiger partial charge is 0.0588 e. The van der Waals surface area contributed by atoms with Gasteiger partial charge in [0, 0.05) is 17.7 Å². The fourth-order valence-electron chi connectivity index (χ4n) is 2.49. The maximum Gasteiger partial charge on any atom is 0.0588 e. The maximum absolute atomic E-state index is 2.44. The van der Waals surface area contributed by atoms with Gasteiger partial charge in [0.15, 0.2) is 0 Å². The molecular formula is C10H16IN. The molecule has 1 heterocycles. The van der Waals surface area contributed by atoms with Crippen LogP contribution in [-0.4, -0.2) is 9.66 Å². The van der Waals surface area contributed by atoms with E-state index >= 15 is 0 Å². The van der Waals surface area contributed by atoms with Crippen LogP contribution in [0.5, 0.6) is 0 Å². The first-order valence-electron chi connectivity index (χ1n) is 4.56.